The van der Waals surface area contributed by atoms with Gasteiger partial charge in [-0.1, -0.05) is 231 Å². The van der Waals surface area contributed by atoms with Gasteiger partial charge in [0.15, 0.2) is 6.10 Å². The Bertz CT molecular complexity index is 1500. The summed E-state index contributed by atoms with van der Waals surface area (Å²) in [6.07, 6.45) is 87.6. The third-order valence-electron chi connectivity index (χ3n) is 12.1. The standard InChI is InChI=1S/C67H110O5/c1-4-7-10-13-16-19-22-25-28-31-34-36-39-42-45-48-51-54-57-60-66(68)71-64-65(63-70-62-59-56-53-50-47-44-41-38-33-30-27-24-21-18-15-12-9-6-3)72-67(69)61-58-55-52-49-46-43-40-37-35-32-29-26-23-20-17-14-11-8-5-2/h9,12,16-21,25-30,34-38,41,47,50,65H,4-8,10-11,13-15,22-24,31-33,39-40,42-46,48-49,51-64H2,1-3H3/b12-9-,19-16-,20-17-,21-18-,28-25-,29-26-,30-27-,36-34-,37-35-,41-38-,50-47-. The van der Waals surface area contributed by atoms with Crippen LogP contribution < -0.4 is 0 Å². The quantitative estimate of drug-likeness (QED) is 0.0345. The van der Waals surface area contributed by atoms with E-state index in [0.29, 0.717) is 19.4 Å². The van der Waals surface area contributed by atoms with E-state index < -0.39 is 6.10 Å². The van der Waals surface area contributed by atoms with Crippen LogP contribution in [0.25, 0.3) is 0 Å². The molecule has 0 fully saturated rings. The molecule has 0 rings (SSSR count). The van der Waals surface area contributed by atoms with E-state index in [0.717, 1.165) is 128 Å². The molecule has 72 heavy (non-hydrogen) atoms. The Morgan fingerprint density at radius 3 is 1.00 bits per heavy atom. The first-order chi connectivity index (χ1) is 35.6. The first-order valence-electron chi connectivity index (χ1n) is 29.7. The van der Waals surface area contributed by atoms with Crippen LogP contribution >= 0.6 is 0 Å². The summed E-state index contributed by atoms with van der Waals surface area (Å²) in [4.78, 5) is 25.6. The van der Waals surface area contributed by atoms with Gasteiger partial charge in [0.25, 0.3) is 0 Å². The highest BCUT2D eigenvalue weighted by molar-refractivity contribution is 5.70. The van der Waals surface area contributed by atoms with Gasteiger partial charge in [-0.3, -0.25) is 9.59 Å². The molecule has 0 radical (unpaired) electrons. The molecule has 0 aromatic carbocycles. The van der Waals surface area contributed by atoms with Gasteiger partial charge in [0.1, 0.15) is 6.61 Å². The largest absolute Gasteiger partial charge is 0.462 e. The number of ether oxygens (including phenoxy) is 3. The monoisotopic (exact) mass is 995 g/mol. The normalized spacial score (nSPS) is 13.2. The van der Waals surface area contributed by atoms with E-state index >= 15 is 0 Å². The van der Waals surface area contributed by atoms with E-state index in [1.807, 2.05) is 0 Å². The summed E-state index contributed by atoms with van der Waals surface area (Å²) >= 11 is 0. The lowest BCUT2D eigenvalue weighted by molar-refractivity contribution is -0.163. The molecule has 0 heterocycles. The summed E-state index contributed by atoms with van der Waals surface area (Å²) in [7, 11) is 0. The second kappa shape index (κ2) is 61.3. The van der Waals surface area contributed by atoms with Crippen LogP contribution in [0.15, 0.2) is 134 Å². The summed E-state index contributed by atoms with van der Waals surface area (Å²) < 4.78 is 17.4. The number of allylic oxidation sites excluding steroid dienone is 22. The maximum absolute atomic E-state index is 12.9. The number of hydrogen-bond donors (Lipinski definition) is 0. The molecule has 0 aliphatic rings. The third kappa shape index (κ3) is 58.6. The second-order valence-electron chi connectivity index (χ2n) is 19.2. The number of unbranched alkanes of at least 4 members (excludes halogenated alkanes) is 20. The van der Waals surface area contributed by atoms with Crippen molar-refractivity contribution in [1.29, 1.82) is 0 Å². The highest BCUT2D eigenvalue weighted by atomic mass is 16.6. The number of hydrogen-bond acceptors (Lipinski definition) is 5. The molecule has 5 nitrogen and oxygen atoms in total. The molecule has 0 saturated carbocycles. The van der Waals surface area contributed by atoms with Crippen molar-refractivity contribution in [1.82, 2.24) is 0 Å². The van der Waals surface area contributed by atoms with Crippen molar-refractivity contribution in [2.24, 2.45) is 0 Å². The molecule has 1 atom stereocenters. The number of esters is 2. The SMILES string of the molecule is CC/C=C\C/C=C\C/C=C\C/C=C\C/C=C\CCCCOCC(COC(=O)CCCCCCCC/C=C\C/C=C\C/C=C\CCCCC)OC(=O)CCCCCCCC/C=C\C/C=C\C/C=C\CCCCC. The number of carbonyl (C=O) groups is 2. The predicted octanol–water partition coefficient (Wildman–Crippen LogP) is 20.7. The topological polar surface area (TPSA) is 61.8 Å². The van der Waals surface area contributed by atoms with Gasteiger partial charge in [0.2, 0.25) is 0 Å². The minimum absolute atomic E-state index is 0.0470. The Labute approximate surface area is 445 Å². The van der Waals surface area contributed by atoms with Crippen molar-refractivity contribution in [3.05, 3.63) is 134 Å². The summed E-state index contributed by atoms with van der Waals surface area (Å²) in [6, 6.07) is 0. The molecule has 0 spiro atoms. The average molecular weight is 996 g/mol. The van der Waals surface area contributed by atoms with Crippen LogP contribution in [0, 0.1) is 0 Å². The van der Waals surface area contributed by atoms with Crippen LogP contribution in [0.2, 0.25) is 0 Å². The third-order valence-corrected chi connectivity index (χ3v) is 12.1. The van der Waals surface area contributed by atoms with E-state index in [-0.39, 0.29) is 25.2 Å². The Kier molecular flexibility index (Phi) is 58.0. The Balaban J connectivity index is 4.44. The molecule has 0 amide bonds. The zero-order valence-electron chi connectivity index (χ0n) is 46.9. The maximum atomic E-state index is 12.9. The molecule has 0 aliphatic heterocycles. The lowest BCUT2D eigenvalue weighted by Gasteiger charge is -2.18. The lowest BCUT2D eigenvalue weighted by Crippen LogP contribution is -2.30. The van der Waals surface area contributed by atoms with Crippen molar-refractivity contribution in [2.75, 3.05) is 19.8 Å². The van der Waals surface area contributed by atoms with Crippen LogP contribution in [0.1, 0.15) is 252 Å². The molecule has 0 N–H and O–H groups in total. The maximum Gasteiger partial charge on any atom is 0.306 e. The van der Waals surface area contributed by atoms with Crippen molar-refractivity contribution >= 4 is 11.9 Å². The summed E-state index contributed by atoms with van der Waals surface area (Å²) in [5, 5.41) is 0. The number of carbonyl (C=O) groups excluding carboxylic acids is 2. The Morgan fingerprint density at radius 1 is 0.319 bits per heavy atom. The van der Waals surface area contributed by atoms with Crippen LogP contribution in [0.5, 0.6) is 0 Å². The van der Waals surface area contributed by atoms with Gasteiger partial charge >= 0.3 is 11.9 Å². The van der Waals surface area contributed by atoms with Gasteiger partial charge in [0, 0.05) is 19.4 Å². The van der Waals surface area contributed by atoms with E-state index in [2.05, 4.69) is 154 Å². The van der Waals surface area contributed by atoms with Gasteiger partial charge in [-0.05, 0) is 141 Å². The van der Waals surface area contributed by atoms with Gasteiger partial charge in [-0.2, -0.15) is 0 Å². The molecule has 0 saturated heterocycles. The van der Waals surface area contributed by atoms with Gasteiger partial charge in [-0.25, -0.2) is 0 Å². The highest BCUT2D eigenvalue weighted by Crippen LogP contribution is 2.13. The summed E-state index contributed by atoms with van der Waals surface area (Å²) in [5.74, 6) is -0.455. The summed E-state index contributed by atoms with van der Waals surface area (Å²) in [6.45, 7) is 7.53. The molecule has 408 valence electrons. The number of rotatable bonds is 53. The Hall–Kier alpha value is -3.96. The molecule has 0 bridgehead atoms. The fourth-order valence-electron chi connectivity index (χ4n) is 7.73. The molecular formula is C67H110O5. The highest BCUT2D eigenvalue weighted by Gasteiger charge is 2.17. The predicted molar refractivity (Wildman–Crippen MR) is 315 cm³/mol. The van der Waals surface area contributed by atoms with Crippen LogP contribution in [0.3, 0.4) is 0 Å². The molecule has 0 aliphatic carbocycles. The fourth-order valence-corrected chi connectivity index (χ4v) is 7.73. The van der Waals surface area contributed by atoms with E-state index in [4.69, 9.17) is 14.2 Å². The van der Waals surface area contributed by atoms with Gasteiger partial charge in [0.05, 0.1) is 6.61 Å². The minimum Gasteiger partial charge on any atom is -0.462 e. The van der Waals surface area contributed by atoms with E-state index in [1.54, 1.807) is 0 Å². The van der Waals surface area contributed by atoms with E-state index in [9.17, 15) is 9.59 Å². The van der Waals surface area contributed by atoms with Gasteiger partial charge < -0.3 is 14.2 Å². The second-order valence-corrected chi connectivity index (χ2v) is 19.2. The smallest absolute Gasteiger partial charge is 0.306 e. The molecular weight excluding hydrogens is 885 g/mol. The zero-order valence-corrected chi connectivity index (χ0v) is 46.9. The van der Waals surface area contributed by atoms with Crippen molar-refractivity contribution < 1.29 is 23.8 Å². The molecule has 5 heteroatoms. The Morgan fingerprint density at radius 2 is 0.625 bits per heavy atom. The molecule has 1 unspecified atom stereocenters. The average Bonchev–Trinajstić information content (AvgIpc) is 3.38. The van der Waals surface area contributed by atoms with Crippen molar-refractivity contribution in [3.8, 4) is 0 Å². The first kappa shape index (κ1) is 68.0. The summed E-state index contributed by atoms with van der Waals surface area (Å²) in [5.41, 5.74) is 0. The van der Waals surface area contributed by atoms with Crippen LogP contribution in [-0.4, -0.2) is 37.9 Å². The molecule has 0 aromatic rings. The van der Waals surface area contributed by atoms with Crippen molar-refractivity contribution in [3.63, 3.8) is 0 Å². The van der Waals surface area contributed by atoms with Crippen molar-refractivity contribution in [2.45, 2.75) is 258 Å². The lowest BCUT2D eigenvalue weighted by atomic mass is 10.1. The van der Waals surface area contributed by atoms with Gasteiger partial charge in [-0.15, -0.1) is 0 Å². The van der Waals surface area contributed by atoms with E-state index in [1.165, 1.54) is 89.9 Å². The minimum atomic E-state index is -0.583. The zero-order chi connectivity index (χ0) is 52.0. The first-order valence-corrected chi connectivity index (χ1v) is 29.7. The molecule has 0 aromatic heterocycles. The van der Waals surface area contributed by atoms with Crippen LogP contribution in [0.4, 0.5) is 0 Å². The fraction of sp³-hybridized carbons (Fsp3) is 0.642. The van der Waals surface area contributed by atoms with Crippen LogP contribution in [-0.2, 0) is 23.8 Å².